The summed E-state index contributed by atoms with van der Waals surface area (Å²) in [6.45, 7) is 9.37. The average molecular weight is 412 g/mol. The van der Waals surface area contributed by atoms with Gasteiger partial charge in [-0.15, -0.1) is 0 Å². The molecule has 0 radical (unpaired) electrons. The number of carbonyl (C=O) groups excluding carboxylic acids is 1. The molecule has 1 aliphatic rings. The van der Waals surface area contributed by atoms with Crippen LogP contribution in [-0.4, -0.2) is 46.8 Å². The van der Waals surface area contributed by atoms with Crippen LogP contribution in [0.3, 0.4) is 0 Å². The Balaban J connectivity index is 2.05. The molecule has 1 fully saturated rings. The van der Waals surface area contributed by atoms with E-state index in [1.165, 1.54) is 13.1 Å². The number of rotatable bonds is 5. The Hall–Kier alpha value is -2.91. The van der Waals surface area contributed by atoms with E-state index in [1.807, 2.05) is 27.7 Å². The standard InChI is InChI=1S/C21H25BN2O6/c1-12(25)23-10-14(22-29-20(2,3)21(4,5)30-22)8-13-6-7-17-15(9-13)18(26)16(11-24-17)19(27)28/h6-9,11H,10H2,1-5H3,(H,23,25)(H,24,26)(H,27,28). The number of fused-ring (bicyclic) bond motifs is 1. The predicted octanol–water partition coefficient (Wildman–Crippen LogP) is 2.38. The summed E-state index contributed by atoms with van der Waals surface area (Å²) in [5, 5.41) is 12.2. The monoisotopic (exact) mass is 412 g/mol. The summed E-state index contributed by atoms with van der Waals surface area (Å²) < 4.78 is 12.2. The molecule has 1 aromatic heterocycles. The van der Waals surface area contributed by atoms with Gasteiger partial charge in [-0.1, -0.05) is 12.1 Å². The summed E-state index contributed by atoms with van der Waals surface area (Å²) in [5.74, 6) is -1.49. The third-order valence-electron chi connectivity index (χ3n) is 5.58. The van der Waals surface area contributed by atoms with Gasteiger partial charge in [-0.05, 0) is 50.9 Å². The van der Waals surface area contributed by atoms with Crippen molar-refractivity contribution < 1.29 is 24.0 Å². The molecular formula is C21H25BN2O6. The first-order chi connectivity index (χ1) is 13.9. The van der Waals surface area contributed by atoms with Crippen molar-refractivity contribution in [3.8, 4) is 0 Å². The highest BCUT2D eigenvalue weighted by molar-refractivity contribution is 6.56. The van der Waals surface area contributed by atoms with Gasteiger partial charge in [0, 0.05) is 30.6 Å². The molecule has 0 aliphatic carbocycles. The maximum Gasteiger partial charge on any atom is 0.492 e. The molecule has 0 bridgehead atoms. The van der Waals surface area contributed by atoms with E-state index in [-0.39, 0.29) is 23.4 Å². The minimum Gasteiger partial charge on any atom is -0.477 e. The molecule has 3 N–H and O–H groups in total. The van der Waals surface area contributed by atoms with Gasteiger partial charge in [0.1, 0.15) is 5.56 Å². The van der Waals surface area contributed by atoms with Crippen molar-refractivity contribution in [1.29, 1.82) is 0 Å². The summed E-state index contributed by atoms with van der Waals surface area (Å²) >= 11 is 0. The average Bonchev–Trinajstić information content (AvgIpc) is 2.86. The molecule has 158 valence electrons. The lowest BCUT2D eigenvalue weighted by Gasteiger charge is -2.32. The lowest BCUT2D eigenvalue weighted by Crippen LogP contribution is -2.41. The number of aromatic nitrogens is 1. The molecule has 30 heavy (non-hydrogen) atoms. The van der Waals surface area contributed by atoms with Gasteiger partial charge in [0.15, 0.2) is 0 Å². The third kappa shape index (κ3) is 4.17. The first-order valence-corrected chi connectivity index (χ1v) is 9.60. The van der Waals surface area contributed by atoms with E-state index >= 15 is 0 Å². The number of aromatic amines is 1. The predicted molar refractivity (Wildman–Crippen MR) is 114 cm³/mol. The summed E-state index contributed by atoms with van der Waals surface area (Å²) in [6.07, 6.45) is 2.97. The number of amides is 1. The number of carboxylic acid groups (broad SMARTS) is 1. The van der Waals surface area contributed by atoms with Gasteiger partial charge < -0.3 is 24.7 Å². The number of H-pyrrole nitrogens is 1. The van der Waals surface area contributed by atoms with E-state index < -0.39 is 29.7 Å². The van der Waals surface area contributed by atoms with Crippen molar-refractivity contribution in [3.63, 3.8) is 0 Å². The quantitative estimate of drug-likeness (QED) is 0.649. The second-order valence-corrected chi connectivity index (χ2v) is 8.36. The molecule has 1 saturated heterocycles. The second kappa shape index (κ2) is 7.73. The van der Waals surface area contributed by atoms with Crippen LogP contribution in [-0.2, 0) is 14.1 Å². The lowest BCUT2D eigenvalue weighted by molar-refractivity contribution is -0.118. The minimum atomic E-state index is -1.29. The van der Waals surface area contributed by atoms with Gasteiger partial charge in [0.2, 0.25) is 11.3 Å². The van der Waals surface area contributed by atoms with Crippen LogP contribution >= 0.6 is 0 Å². The lowest BCUT2D eigenvalue weighted by atomic mass is 9.77. The Labute approximate surface area is 174 Å². The molecule has 2 aromatic rings. The first kappa shape index (κ1) is 21.8. The molecule has 9 heteroatoms. The Kier molecular flexibility index (Phi) is 5.62. The highest BCUT2D eigenvalue weighted by atomic mass is 16.7. The maximum absolute atomic E-state index is 12.5. The molecule has 0 spiro atoms. The van der Waals surface area contributed by atoms with Gasteiger partial charge >= 0.3 is 13.1 Å². The number of carbonyl (C=O) groups is 2. The van der Waals surface area contributed by atoms with Gasteiger partial charge in [0.25, 0.3) is 0 Å². The van der Waals surface area contributed by atoms with Crippen molar-refractivity contribution in [2.75, 3.05) is 6.54 Å². The van der Waals surface area contributed by atoms with Gasteiger partial charge in [0.05, 0.1) is 11.2 Å². The van der Waals surface area contributed by atoms with E-state index in [4.69, 9.17) is 9.31 Å². The molecule has 8 nitrogen and oxygen atoms in total. The Morgan fingerprint density at radius 2 is 1.83 bits per heavy atom. The Morgan fingerprint density at radius 1 is 1.20 bits per heavy atom. The summed E-state index contributed by atoms with van der Waals surface area (Å²) in [5.41, 5.74) is -0.132. The van der Waals surface area contributed by atoms with Crippen LogP contribution in [0.15, 0.2) is 34.7 Å². The number of hydrogen-bond donors (Lipinski definition) is 3. The van der Waals surface area contributed by atoms with Crippen molar-refractivity contribution in [2.24, 2.45) is 0 Å². The van der Waals surface area contributed by atoms with E-state index in [9.17, 15) is 19.5 Å². The first-order valence-electron chi connectivity index (χ1n) is 9.60. The Bertz CT molecular complexity index is 1090. The van der Waals surface area contributed by atoms with E-state index in [1.54, 1.807) is 24.3 Å². The van der Waals surface area contributed by atoms with Crippen molar-refractivity contribution in [2.45, 2.75) is 45.8 Å². The van der Waals surface area contributed by atoms with E-state index in [0.29, 0.717) is 16.6 Å². The van der Waals surface area contributed by atoms with Crippen LogP contribution in [0.5, 0.6) is 0 Å². The van der Waals surface area contributed by atoms with Crippen LogP contribution in [0, 0.1) is 0 Å². The van der Waals surface area contributed by atoms with Gasteiger partial charge in [-0.25, -0.2) is 4.79 Å². The number of benzene rings is 1. The highest BCUT2D eigenvalue weighted by Gasteiger charge is 2.52. The van der Waals surface area contributed by atoms with E-state index in [2.05, 4.69) is 10.3 Å². The van der Waals surface area contributed by atoms with Crippen LogP contribution in [0.4, 0.5) is 0 Å². The molecule has 1 aromatic carbocycles. The number of pyridine rings is 1. The third-order valence-corrected chi connectivity index (χ3v) is 5.58. The summed E-state index contributed by atoms with van der Waals surface area (Å²) in [7, 11) is -0.679. The van der Waals surface area contributed by atoms with Crippen molar-refractivity contribution in [1.82, 2.24) is 10.3 Å². The summed E-state index contributed by atoms with van der Waals surface area (Å²) in [6, 6.07) is 5.10. The molecule has 0 saturated carbocycles. The normalized spacial score (nSPS) is 17.9. The molecule has 1 aliphatic heterocycles. The Morgan fingerprint density at radius 3 is 2.40 bits per heavy atom. The zero-order valence-corrected chi connectivity index (χ0v) is 17.7. The molecule has 2 heterocycles. The molecule has 1 amide bonds. The molecular weight excluding hydrogens is 387 g/mol. The van der Waals surface area contributed by atoms with Crippen LogP contribution in [0.2, 0.25) is 0 Å². The maximum atomic E-state index is 12.5. The van der Waals surface area contributed by atoms with Crippen molar-refractivity contribution >= 4 is 36.0 Å². The number of aromatic carboxylic acids is 1. The topological polar surface area (TPSA) is 118 Å². The molecule has 0 atom stereocenters. The SMILES string of the molecule is CC(=O)NCC(=Cc1ccc2[nH]cc(C(=O)O)c(=O)c2c1)B1OC(C)(C)C(C)(C)O1. The second-order valence-electron chi connectivity index (χ2n) is 8.36. The molecule has 0 unspecified atom stereocenters. The fraction of sp³-hybridized carbons (Fsp3) is 0.381. The fourth-order valence-electron chi connectivity index (χ4n) is 3.12. The fourth-order valence-corrected chi connectivity index (χ4v) is 3.12. The number of carboxylic acids is 1. The van der Waals surface area contributed by atoms with Gasteiger partial charge in [-0.3, -0.25) is 9.59 Å². The number of hydrogen-bond acceptors (Lipinski definition) is 5. The minimum absolute atomic E-state index is 0.196. The van der Waals surface area contributed by atoms with Gasteiger partial charge in [-0.2, -0.15) is 0 Å². The van der Waals surface area contributed by atoms with Crippen LogP contribution < -0.4 is 10.7 Å². The smallest absolute Gasteiger partial charge is 0.477 e. The summed E-state index contributed by atoms with van der Waals surface area (Å²) in [4.78, 5) is 38.1. The number of nitrogens with one attached hydrogen (secondary N) is 2. The highest BCUT2D eigenvalue weighted by Crippen LogP contribution is 2.38. The zero-order chi connectivity index (χ0) is 22.3. The van der Waals surface area contributed by atoms with Crippen LogP contribution in [0.1, 0.15) is 50.5 Å². The molecule has 3 rings (SSSR count). The largest absolute Gasteiger partial charge is 0.492 e. The van der Waals surface area contributed by atoms with E-state index in [0.717, 1.165) is 0 Å². The van der Waals surface area contributed by atoms with Crippen LogP contribution in [0.25, 0.3) is 17.0 Å². The van der Waals surface area contributed by atoms with Crippen molar-refractivity contribution in [3.05, 3.63) is 51.2 Å². The zero-order valence-electron chi connectivity index (χ0n) is 17.7.